The Morgan fingerprint density at radius 3 is 2.29 bits per heavy atom. The molecule has 6 heteroatoms. The van der Waals surface area contributed by atoms with Crippen molar-refractivity contribution in [2.75, 3.05) is 5.32 Å². The molecule has 1 fully saturated rings. The summed E-state index contributed by atoms with van der Waals surface area (Å²) < 4.78 is 43.0. The summed E-state index contributed by atoms with van der Waals surface area (Å²) in [7, 11) is 0. The Hall–Kier alpha value is -1.85. The Morgan fingerprint density at radius 2 is 1.62 bits per heavy atom. The number of halogens is 3. The number of anilines is 1. The predicted octanol–water partition coefficient (Wildman–Crippen LogP) is 4.02. The number of aryl methyl sites for hydroxylation is 2. The maximum atomic E-state index is 14.6. The van der Waals surface area contributed by atoms with Gasteiger partial charge in [-0.25, -0.2) is 23.1 Å². The van der Waals surface area contributed by atoms with E-state index in [9.17, 15) is 13.2 Å². The largest absolute Gasteiger partial charge is 0.377 e. The maximum absolute atomic E-state index is 14.6. The molecular formula is C15H16F3N3. The second-order valence-electron chi connectivity index (χ2n) is 5.52. The van der Waals surface area contributed by atoms with Crippen molar-refractivity contribution in [3.63, 3.8) is 0 Å². The second-order valence-corrected chi connectivity index (χ2v) is 5.52. The van der Waals surface area contributed by atoms with Gasteiger partial charge in [0.25, 0.3) is 0 Å². The normalized spacial score (nSPS) is 15.9. The first-order valence-electron chi connectivity index (χ1n) is 7.07. The Morgan fingerprint density at radius 1 is 0.952 bits per heavy atom. The predicted molar refractivity (Wildman–Crippen MR) is 74.8 cm³/mol. The van der Waals surface area contributed by atoms with E-state index >= 15 is 0 Å². The van der Waals surface area contributed by atoms with Crippen LogP contribution in [0.15, 0.2) is 0 Å². The van der Waals surface area contributed by atoms with E-state index in [-0.39, 0.29) is 22.6 Å². The van der Waals surface area contributed by atoms with Gasteiger partial charge in [-0.2, -0.15) is 0 Å². The van der Waals surface area contributed by atoms with Crippen molar-refractivity contribution in [3.05, 3.63) is 29.0 Å². The van der Waals surface area contributed by atoms with E-state index in [2.05, 4.69) is 15.3 Å². The summed E-state index contributed by atoms with van der Waals surface area (Å²) in [6.45, 7) is 3.11. The number of nitrogens with zero attached hydrogens (tertiary/aromatic N) is 2. The molecule has 0 amide bonds. The minimum atomic E-state index is -1.19. The van der Waals surface area contributed by atoms with Gasteiger partial charge >= 0.3 is 0 Å². The zero-order valence-electron chi connectivity index (χ0n) is 11.9. The summed E-state index contributed by atoms with van der Waals surface area (Å²) in [4.78, 5) is 7.91. The highest BCUT2D eigenvalue weighted by Crippen LogP contribution is 2.33. The number of rotatable bonds is 2. The molecule has 3 rings (SSSR count). The Balaban J connectivity index is 2.20. The molecule has 0 unspecified atom stereocenters. The number of hydrogen-bond donors (Lipinski definition) is 1. The number of hydrogen-bond acceptors (Lipinski definition) is 3. The summed E-state index contributed by atoms with van der Waals surface area (Å²) in [5.41, 5.74) is -0.344. The molecule has 1 aromatic heterocycles. The van der Waals surface area contributed by atoms with Crippen LogP contribution in [0.1, 0.15) is 37.2 Å². The monoisotopic (exact) mass is 295 g/mol. The molecular weight excluding hydrogens is 279 g/mol. The Bertz CT molecular complexity index is 709. The average molecular weight is 295 g/mol. The molecule has 0 spiro atoms. The lowest BCUT2D eigenvalue weighted by Crippen LogP contribution is -2.18. The molecule has 0 saturated heterocycles. The third-order valence-corrected chi connectivity index (χ3v) is 3.96. The molecule has 112 valence electrons. The van der Waals surface area contributed by atoms with Crippen LogP contribution in [0.25, 0.3) is 10.9 Å². The second kappa shape index (κ2) is 5.16. The smallest absolute Gasteiger partial charge is 0.185 e. The first-order chi connectivity index (χ1) is 9.99. The van der Waals surface area contributed by atoms with Crippen molar-refractivity contribution < 1.29 is 13.2 Å². The van der Waals surface area contributed by atoms with Gasteiger partial charge in [0.1, 0.15) is 17.0 Å². The fourth-order valence-corrected chi connectivity index (χ4v) is 2.97. The molecule has 0 atom stereocenters. The molecule has 1 aromatic carbocycles. The quantitative estimate of drug-likeness (QED) is 0.850. The van der Waals surface area contributed by atoms with Gasteiger partial charge in [-0.1, -0.05) is 12.8 Å². The summed E-state index contributed by atoms with van der Waals surface area (Å²) >= 11 is 0. The Labute approximate surface area is 120 Å². The van der Waals surface area contributed by atoms with Gasteiger partial charge in [-0.05, 0) is 26.7 Å². The van der Waals surface area contributed by atoms with Crippen LogP contribution in [0.4, 0.5) is 18.9 Å². The molecule has 3 nitrogen and oxygen atoms in total. The maximum Gasteiger partial charge on any atom is 0.185 e. The van der Waals surface area contributed by atoms with Gasteiger partial charge in [-0.3, -0.25) is 0 Å². The molecule has 1 aliphatic carbocycles. The van der Waals surface area contributed by atoms with Crippen LogP contribution in [0.2, 0.25) is 0 Å². The van der Waals surface area contributed by atoms with E-state index in [1.807, 2.05) is 0 Å². The molecule has 0 bridgehead atoms. The lowest BCUT2D eigenvalue weighted by atomic mass is 10.1. The van der Waals surface area contributed by atoms with Crippen LogP contribution in [0.3, 0.4) is 0 Å². The molecule has 2 aromatic rings. The molecule has 1 saturated carbocycles. The molecule has 0 aliphatic heterocycles. The van der Waals surface area contributed by atoms with Gasteiger partial charge in [-0.15, -0.1) is 0 Å². The van der Waals surface area contributed by atoms with Crippen LogP contribution in [-0.2, 0) is 0 Å². The van der Waals surface area contributed by atoms with Gasteiger partial charge < -0.3 is 5.32 Å². The van der Waals surface area contributed by atoms with Gasteiger partial charge in [0.2, 0.25) is 0 Å². The number of benzene rings is 1. The average Bonchev–Trinajstić information content (AvgIpc) is 2.93. The Kier molecular flexibility index (Phi) is 3.47. The lowest BCUT2D eigenvalue weighted by molar-refractivity contribution is 0.505. The zero-order chi connectivity index (χ0) is 15.1. The highest BCUT2D eigenvalue weighted by molar-refractivity contribution is 5.86. The third-order valence-electron chi connectivity index (χ3n) is 3.96. The van der Waals surface area contributed by atoms with Gasteiger partial charge in [0.05, 0.1) is 11.1 Å². The van der Waals surface area contributed by atoms with Crippen LogP contribution < -0.4 is 5.32 Å². The lowest BCUT2D eigenvalue weighted by Gasteiger charge is -2.17. The van der Waals surface area contributed by atoms with Crippen molar-refractivity contribution in [2.45, 2.75) is 45.6 Å². The van der Waals surface area contributed by atoms with Crippen molar-refractivity contribution in [3.8, 4) is 0 Å². The fraction of sp³-hybridized carbons (Fsp3) is 0.467. The fourth-order valence-electron chi connectivity index (χ4n) is 2.97. The topological polar surface area (TPSA) is 37.8 Å². The van der Waals surface area contributed by atoms with Crippen LogP contribution in [0, 0.1) is 31.3 Å². The first kappa shape index (κ1) is 14.1. The third kappa shape index (κ3) is 2.32. The van der Waals surface area contributed by atoms with Crippen molar-refractivity contribution in [2.24, 2.45) is 0 Å². The minimum absolute atomic E-state index is 0.0186. The summed E-state index contributed by atoms with van der Waals surface area (Å²) in [5, 5.41) is 2.61. The highest BCUT2D eigenvalue weighted by Gasteiger charge is 2.26. The van der Waals surface area contributed by atoms with Gasteiger partial charge in [0, 0.05) is 6.04 Å². The summed E-state index contributed by atoms with van der Waals surface area (Å²) in [6, 6.07) is -0.0186. The highest BCUT2D eigenvalue weighted by atomic mass is 19.2. The molecule has 21 heavy (non-hydrogen) atoms. The number of nitrogens with one attached hydrogen (secondary N) is 1. The summed E-state index contributed by atoms with van der Waals surface area (Å²) in [5.74, 6) is -2.80. The zero-order valence-corrected chi connectivity index (χ0v) is 11.9. The molecule has 1 heterocycles. The first-order valence-corrected chi connectivity index (χ1v) is 7.07. The van der Waals surface area contributed by atoms with E-state index < -0.39 is 23.1 Å². The SMILES string of the molecule is Cc1nc(C)c2c(F)c(F)c(NC3CCCC3)c(F)c2n1. The van der Waals surface area contributed by atoms with E-state index in [4.69, 9.17) is 0 Å². The van der Waals surface area contributed by atoms with Crippen LogP contribution in [-0.4, -0.2) is 16.0 Å². The van der Waals surface area contributed by atoms with Crippen LogP contribution in [0.5, 0.6) is 0 Å². The van der Waals surface area contributed by atoms with E-state index in [0.717, 1.165) is 25.7 Å². The van der Waals surface area contributed by atoms with Crippen molar-refractivity contribution in [1.29, 1.82) is 0 Å². The van der Waals surface area contributed by atoms with Crippen molar-refractivity contribution in [1.82, 2.24) is 9.97 Å². The van der Waals surface area contributed by atoms with E-state index in [1.165, 1.54) is 6.92 Å². The molecule has 1 N–H and O–H groups in total. The minimum Gasteiger partial charge on any atom is -0.377 e. The molecule has 1 aliphatic rings. The van der Waals surface area contributed by atoms with Gasteiger partial charge in [0.15, 0.2) is 17.5 Å². The number of fused-ring (bicyclic) bond motifs is 1. The summed E-state index contributed by atoms with van der Waals surface area (Å²) in [6.07, 6.45) is 3.69. The van der Waals surface area contributed by atoms with Crippen molar-refractivity contribution >= 4 is 16.6 Å². The number of aromatic nitrogens is 2. The standard InChI is InChI=1S/C15H16F3N3/c1-7-10-11(16)12(17)15(21-9-5-3-4-6-9)13(18)14(10)20-8(2)19-7/h9,21H,3-6H2,1-2H3. The van der Waals surface area contributed by atoms with E-state index in [0.29, 0.717) is 5.82 Å². The van der Waals surface area contributed by atoms with E-state index in [1.54, 1.807) is 6.92 Å². The molecule has 0 radical (unpaired) electrons. The van der Waals surface area contributed by atoms with Crippen LogP contribution >= 0.6 is 0 Å².